The van der Waals surface area contributed by atoms with E-state index in [1.807, 2.05) is 103 Å². The van der Waals surface area contributed by atoms with Crippen molar-refractivity contribution in [2.45, 2.75) is 19.1 Å². The molecule has 4 aromatic rings. The van der Waals surface area contributed by atoms with Crippen LogP contribution in [0.3, 0.4) is 0 Å². The van der Waals surface area contributed by atoms with Crippen molar-refractivity contribution in [3.63, 3.8) is 0 Å². The second-order valence-electron chi connectivity index (χ2n) is 7.23. The average Bonchev–Trinajstić information content (AvgIpc) is 2.84. The molecule has 0 fully saturated rings. The zero-order valence-electron chi connectivity index (χ0n) is 17.1. The van der Waals surface area contributed by atoms with Crippen LogP contribution >= 0.6 is 0 Å². The lowest BCUT2D eigenvalue weighted by Gasteiger charge is -2.18. The number of ether oxygens (including phenoxy) is 1. The number of carbonyl (C=O) groups excluding carboxylic acids is 1. The summed E-state index contributed by atoms with van der Waals surface area (Å²) in [7, 11) is 0. The van der Waals surface area contributed by atoms with E-state index in [1.165, 1.54) is 0 Å². The first kappa shape index (κ1) is 20.4. The van der Waals surface area contributed by atoms with Gasteiger partial charge in [0.25, 0.3) is 0 Å². The number of aromatic nitrogens is 1. The van der Waals surface area contributed by atoms with E-state index in [-0.39, 0.29) is 11.8 Å². The van der Waals surface area contributed by atoms with Crippen LogP contribution in [0.4, 0.5) is 0 Å². The van der Waals surface area contributed by atoms with Gasteiger partial charge in [-0.05, 0) is 41.0 Å². The van der Waals surface area contributed by atoms with Crippen molar-refractivity contribution in [3.8, 4) is 5.75 Å². The molecule has 154 valence electrons. The summed E-state index contributed by atoms with van der Waals surface area (Å²) in [5.74, 6) is 0.364. The van der Waals surface area contributed by atoms with Crippen LogP contribution in [0.5, 0.6) is 5.75 Å². The van der Waals surface area contributed by atoms with Gasteiger partial charge >= 0.3 is 0 Å². The average molecular weight is 409 g/mol. The second kappa shape index (κ2) is 10.2. The van der Waals surface area contributed by atoms with Gasteiger partial charge in [0.15, 0.2) is 0 Å². The minimum atomic E-state index is -0.356. The van der Waals surface area contributed by atoms with E-state index in [9.17, 15) is 4.79 Å². The van der Waals surface area contributed by atoms with Gasteiger partial charge in [-0.3, -0.25) is 9.78 Å². The lowest BCUT2D eigenvalue weighted by molar-refractivity contribution is -0.121. The molecular weight excluding hydrogens is 384 g/mol. The molecule has 0 spiro atoms. The maximum absolute atomic E-state index is 13.2. The molecule has 1 N–H and O–H groups in total. The number of rotatable bonds is 8. The van der Waals surface area contributed by atoms with Crippen LogP contribution in [0.25, 0.3) is 0 Å². The number of carbonyl (C=O) groups is 1. The standard InChI is InChI=1S/C27H24N2O2/c30-27(26(22-11-3-1-4-12-22)23-13-5-2-6-14-23)29-19-21-10-9-16-25(18-21)31-20-24-15-7-8-17-28-24/h1-18,26H,19-20H2,(H,29,30). The highest BCUT2D eigenvalue weighted by Gasteiger charge is 2.22. The monoisotopic (exact) mass is 408 g/mol. The molecule has 0 atom stereocenters. The van der Waals surface area contributed by atoms with Gasteiger partial charge < -0.3 is 10.1 Å². The van der Waals surface area contributed by atoms with Crippen molar-refractivity contribution < 1.29 is 9.53 Å². The topological polar surface area (TPSA) is 51.2 Å². The first-order valence-electron chi connectivity index (χ1n) is 10.3. The Morgan fingerprint density at radius 2 is 1.48 bits per heavy atom. The highest BCUT2D eigenvalue weighted by Crippen LogP contribution is 2.25. The number of nitrogens with zero attached hydrogens (tertiary/aromatic N) is 1. The van der Waals surface area contributed by atoms with Crippen LogP contribution in [0.2, 0.25) is 0 Å². The lowest BCUT2D eigenvalue weighted by atomic mass is 9.90. The molecule has 0 aliphatic rings. The Morgan fingerprint density at radius 1 is 0.806 bits per heavy atom. The molecule has 4 heteroatoms. The molecule has 0 radical (unpaired) electrons. The van der Waals surface area contributed by atoms with Gasteiger partial charge in [0.2, 0.25) is 5.91 Å². The molecule has 31 heavy (non-hydrogen) atoms. The summed E-state index contributed by atoms with van der Waals surface area (Å²) >= 11 is 0. The lowest BCUT2D eigenvalue weighted by Crippen LogP contribution is -2.29. The Balaban J connectivity index is 1.43. The third-order valence-electron chi connectivity index (χ3n) is 5.01. The summed E-state index contributed by atoms with van der Waals surface area (Å²) in [6.45, 7) is 0.830. The maximum Gasteiger partial charge on any atom is 0.232 e. The first-order valence-corrected chi connectivity index (χ1v) is 10.3. The molecule has 0 saturated carbocycles. The molecule has 4 nitrogen and oxygen atoms in total. The highest BCUT2D eigenvalue weighted by atomic mass is 16.5. The molecule has 1 heterocycles. The zero-order chi connectivity index (χ0) is 21.3. The molecule has 1 amide bonds. The van der Waals surface area contributed by atoms with Gasteiger partial charge in [0.1, 0.15) is 12.4 Å². The van der Waals surface area contributed by atoms with E-state index in [4.69, 9.17) is 4.74 Å². The number of hydrogen-bond donors (Lipinski definition) is 1. The molecule has 4 rings (SSSR count). The maximum atomic E-state index is 13.2. The molecule has 0 saturated heterocycles. The van der Waals surface area contributed by atoms with Gasteiger partial charge in [0.05, 0.1) is 11.6 Å². The van der Waals surface area contributed by atoms with Crippen molar-refractivity contribution in [1.29, 1.82) is 0 Å². The van der Waals surface area contributed by atoms with Crippen LogP contribution < -0.4 is 10.1 Å². The highest BCUT2D eigenvalue weighted by molar-refractivity contribution is 5.87. The Kier molecular flexibility index (Phi) is 6.71. The van der Waals surface area contributed by atoms with E-state index < -0.39 is 0 Å². The van der Waals surface area contributed by atoms with Crippen LogP contribution in [0.15, 0.2) is 109 Å². The second-order valence-corrected chi connectivity index (χ2v) is 7.23. The molecule has 1 aromatic heterocycles. The largest absolute Gasteiger partial charge is 0.487 e. The smallest absolute Gasteiger partial charge is 0.232 e. The summed E-state index contributed by atoms with van der Waals surface area (Å²) < 4.78 is 5.85. The van der Waals surface area contributed by atoms with E-state index in [0.29, 0.717) is 13.2 Å². The Labute approximate surface area is 182 Å². The Morgan fingerprint density at radius 3 is 2.13 bits per heavy atom. The molecular formula is C27H24N2O2. The fourth-order valence-electron chi connectivity index (χ4n) is 3.46. The van der Waals surface area contributed by atoms with Gasteiger partial charge in [-0.15, -0.1) is 0 Å². The van der Waals surface area contributed by atoms with E-state index in [2.05, 4.69) is 10.3 Å². The molecule has 0 unspecified atom stereocenters. The van der Waals surface area contributed by atoms with E-state index >= 15 is 0 Å². The van der Waals surface area contributed by atoms with Gasteiger partial charge in [-0.2, -0.15) is 0 Å². The minimum Gasteiger partial charge on any atom is -0.487 e. The van der Waals surface area contributed by atoms with Crippen LogP contribution in [-0.2, 0) is 17.9 Å². The van der Waals surface area contributed by atoms with Crippen molar-refractivity contribution in [2.24, 2.45) is 0 Å². The van der Waals surface area contributed by atoms with Crippen molar-refractivity contribution in [3.05, 3.63) is 132 Å². The number of pyridine rings is 1. The van der Waals surface area contributed by atoms with E-state index in [1.54, 1.807) is 6.20 Å². The zero-order valence-corrected chi connectivity index (χ0v) is 17.1. The van der Waals surface area contributed by atoms with Gasteiger partial charge in [-0.25, -0.2) is 0 Å². The van der Waals surface area contributed by atoms with Crippen molar-refractivity contribution in [1.82, 2.24) is 10.3 Å². The van der Waals surface area contributed by atoms with E-state index in [0.717, 1.165) is 28.1 Å². The summed E-state index contributed by atoms with van der Waals surface area (Å²) in [5, 5.41) is 3.09. The SMILES string of the molecule is O=C(NCc1cccc(OCc2ccccn2)c1)C(c1ccccc1)c1ccccc1. The van der Waals surface area contributed by atoms with Crippen molar-refractivity contribution >= 4 is 5.91 Å². The normalized spacial score (nSPS) is 10.6. The molecule has 0 bridgehead atoms. The predicted octanol–water partition coefficient (Wildman–Crippen LogP) is 5.11. The number of benzene rings is 3. The molecule has 0 aliphatic heterocycles. The predicted molar refractivity (Wildman–Crippen MR) is 122 cm³/mol. The number of hydrogen-bond acceptors (Lipinski definition) is 3. The number of amides is 1. The van der Waals surface area contributed by atoms with Crippen LogP contribution in [0.1, 0.15) is 28.3 Å². The Hall–Kier alpha value is -3.92. The Bertz CT molecular complexity index is 1060. The summed E-state index contributed by atoms with van der Waals surface area (Å²) in [6.07, 6.45) is 1.75. The summed E-state index contributed by atoms with van der Waals surface area (Å²) in [6, 6.07) is 33.2. The van der Waals surface area contributed by atoms with Gasteiger partial charge in [0, 0.05) is 12.7 Å². The first-order chi connectivity index (χ1) is 15.3. The fraction of sp³-hybridized carbons (Fsp3) is 0.111. The minimum absolute atomic E-state index is 0.0304. The summed E-state index contributed by atoms with van der Waals surface area (Å²) in [5.41, 5.74) is 3.79. The third kappa shape index (κ3) is 5.58. The number of nitrogens with one attached hydrogen (secondary N) is 1. The van der Waals surface area contributed by atoms with Crippen molar-refractivity contribution in [2.75, 3.05) is 0 Å². The van der Waals surface area contributed by atoms with Gasteiger partial charge in [-0.1, -0.05) is 78.9 Å². The fourth-order valence-corrected chi connectivity index (χ4v) is 3.46. The quantitative estimate of drug-likeness (QED) is 0.441. The van der Waals surface area contributed by atoms with Crippen LogP contribution in [0, 0.1) is 0 Å². The van der Waals surface area contributed by atoms with Crippen LogP contribution in [-0.4, -0.2) is 10.9 Å². The molecule has 0 aliphatic carbocycles. The third-order valence-corrected chi connectivity index (χ3v) is 5.01. The summed E-state index contributed by atoms with van der Waals surface area (Å²) in [4.78, 5) is 17.4. The molecule has 3 aromatic carbocycles.